The zero-order valence-electron chi connectivity index (χ0n) is 24.1. The van der Waals surface area contributed by atoms with Gasteiger partial charge in [0.15, 0.2) is 0 Å². The summed E-state index contributed by atoms with van der Waals surface area (Å²) in [4.78, 5) is 28.7. The van der Waals surface area contributed by atoms with E-state index in [2.05, 4.69) is 18.3 Å². The first-order chi connectivity index (χ1) is 19.4. The van der Waals surface area contributed by atoms with Gasteiger partial charge in [0.05, 0.1) is 4.91 Å². The maximum Gasteiger partial charge on any atom is 0.270 e. The van der Waals surface area contributed by atoms with Crippen LogP contribution in [0.2, 0.25) is 0 Å². The summed E-state index contributed by atoms with van der Waals surface area (Å²) in [6.07, 6.45) is 14.2. The molecule has 0 unspecified atom stereocenters. The fourth-order valence-electron chi connectivity index (χ4n) is 5.02. The van der Waals surface area contributed by atoms with Crippen LogP contribution in [0.3, 0.4) is 0 Å². The van der Waals surface area contributed by atoms with Crippen molar-refractivity contribution in [2.75, 3.05) is 11.9 Å². The van der Waals surface area contributed by atoms with Crippen molar-refractivity contribution in [3.05, 3.63) is 67.8 Å². The number of hydrogen-bond acceptors (Lipinski definition) is 6. The summed E-state index contributed by atoms with van der Waals surface area (Å²) in [5, 5.41) is 13.2. The predicted molar refractivity (Wildman–Crippen MR) is 171 cm³/mol. The van der Waals surface area contributed by atoms with Crippen LogP contribution in [0.1, 0.15) is 100 Å². The van der Waals surface area contributed by atoms with E-state index >= 15 is 0 Å². The zero-order valence-corrected chi connectivity index (χ0v) is 25.8. The highest BCUT2D eigenvalue weighted by molar-refractivity contribution is 8.26. The molecule has 214 valence electrons. The van der Waals surface area contributed by atoms with Gasteiger partial charge in [-0.3, -0.25) is 19.1 Å². The highest BCUT2D eigenvalue weighted by atomic mass is 32.2. The second-order valence-corrected chi connectivity index (χ2v) is 12.0. The van der Waals surface area contributed by atoms with Gasteiger partial charge in [0, 0.05) is 25.2 Å². The lowest BCUT2D eigenvalue weighted by atomic mass is 10.0. The van der Waals surface area contributed by atoms with Crippen LogP contribution in [0, 0.1) is 18.3 Å². The molecule has 1 fully saturated rings. The molecule has 8 heteroatoms. The number of amides is 1. The van der Waals surface area contributed by atoms with E-state index in [-0.39, 0.29) is 17.0 Å². The molecule has 1 aliphatic rings. The third-order valence-electron chi connectivity index (χ3n) is 7.38. The minimum Gasteiger partial charge on any atom is -0.367 e. The maximum absolute atomic E-state index is 13.4. The quantitative estimate of drug-likeness (QED) is 0.124. The Morgan fingerprint density at radius 2 is 1.60 bits per heavy atom. The van der Waals surface area contributed by atoms with E-state index < -0.39 is 0 Å². The fraction of sp³-hybridized carbons (Fsp3) is 0.500. The van der Waals surface area contributed by atoms with E-state index in [4.69, 9.17) is 12.2 Å². The summed E-state index contributed by atoms with van der Waals surface area (Å²) in [7, 11) is 0. The molecule has 2 aromatic rings. The number of nitrogens with zero attached hydrogens (tertiary/aromatic N) is 3. The molecular weight excluding hydrogens is 537 g/mol. The van der Waals surface area contributed by atoms with Crippen LogP contribution in [-0.2, 0) is 17.9 Å². The molecular formula is C32H42N4O2S2. The fourth-order valence-corrected chi connectivity index (χ4v) is 6.31. The maximum atomic E-state index is 13.4. The number of carbonyl (C=O) groups excluding carboxylic acids is 1. The third kappa shape index (κ3) is 8.31. The number of nitrogens with one attached hydrogen (secondary N) is 1. The van der Waals surface area contributed by atoms with Crippen molar-refractivity contribution in [1.29, 1.82) is 5.26 Å². The van der Waals surface area contributed by atoms with Gasteiger partial charge in [-0.25, -0.2) is 0 Å². The van der Waals surface area contributed by atoms with Crippen LogP contribution in [-0.4, -0.2) is 26.2 Å². The second kappa shape index (κ2) is 16.4. The Morgan fingerprint density at radius 1 is 0.975 bits per heavy atom. The number of carbonyl (C=O) groups is 1. The van der Waals surface area contributed by atoms with Gasteiger partial charge in [-0.05, 0) is 37.5 Å². The first kappa shape index (κ1) is 31.6. The summed E-state index contributed by atoms with van der Waals surface area (Å²) < 4.78 is 2.14. The molecule has 2 heterocycles. The van der Waals surface area contributed by atoms with Crippen molar-refractivity contribution in [2.24, 2.45) is 0 Å². The summed E-state index contributed by atoms with van der Waals surface area (Å²) in [6, 6.07) is 12.0. The molecule has 1 N–H and O–H groups in total. The van der Waals surface area contributed by atoms with Crippen molar-refractivity contribution in [1.82, 2.24) is 9.47 Å². The highest BCUT2D eigenvalue weighted by Gasteiger charge is 2.32. The summed E-state index contributed by atoms with van der Waals surface area (Å²) in [5.41, 5.74) is 2.07. The van der Waals surface area contributed by atoms with E-state index in [9.17, 15) is 14.9 Å². The number of thioether (sulfide) groups is 1. The standard InChI is InChI=1S/C32H42N4O2S2/c1-4-6-7-8-9-10-11-12-13-17-20-36-31(38)28(40-32(36)39)21-26-24(3)27(22-33)30(37)35(5-2)29(26)34-23-25-18-15-14-16-19-25/h14-16,18-19,21,34H,4-13,17,20,23H2,1-3H3/b28-21+. The van der Waals surface area contributed by atoms with Crippen molar-refractivity contribution >= 4 is 46.1 Å². The van der Waals surface area contributed by atoms with Gasteiger partial charge in [-0.2, -0.15) is 5.26 Å². The van der Waals surface area contributed by atoms with Crippen molar-refractivity contribution in [3.63, 3.8) is 0 Å². The Balaban J connectivity index is 1.72. The Hall–Kier alpha value is -2.89. The normalized spacial score (nSPS) is 14.2. The summed E-state index contributed by atoms with van der Waals surface area (Å²) in [6.45, 7) is 7.41. The minimum atomic E-state index is -0.330. The van der Waals surface area contributed by atoms with Crippen LogP contribution >= 0.6 is 24.0 Å². The van der Waals surface area contributed by atoms with Gasteiger partial charge in [0.1, 0.15) is 21.8 Å². The minimum absolute atomic E-state index is 0.0965. The SMILES string of the molecule is CCCCCCCCCCCCN1C(=O)/C(=C\c2c(C)c(C#N)c(=O)n(CC)c2NCc2ccccc2)SC1=S. The molecule has 0 saturated carbocycles. The van der Waals surface area contributed by atoms with E-state index in [1.54, 1.807) is 22.5 Å². The Labute approximate surface area is 248 Å². The monoisotopic (exact) mass is 578 g/mol. The molecule has 6 nitrogen and oxygen atoms in total. The molecule has 0 spiro atoms. The van der Waals surface area contributed by atoms with Gasteiger partial charge < -0.3 is 5.32 Å². The van der Waals surface area contributed by atoms with E-state index in [1.807, 2.05) is 37.3 Å². The summed E-state index contributed by atoms with van der Waals surface area (Å²) >= 11 is 6.88. The number of anilines is 1. The molecule has 0 aliphatic carbocycles. The van der Waals surface area contributed by atoms with E-state index in [0.717, 1.165) is 18.4 Å². The molecule has 40 heavy (non-hydrogen) atoms. The first-order valence-corrected chi connectivity index (χ1v) is 15.9. The van der Waals surface area contributed by atoms with Crippen LogP contribution in [0.5, 0.6) is 0 Å². The lowest BCUT2D eigenvalue weighted by molar-refractivity contribution is -0.122. The molecule has 0 radical (unpaired) electrons. The second-order valence-electron chi connectivity index (χ2n) is 10.3. The number of nitriles is 1. The van der Waals surface area contributed by atoms with Crippen molar-refractivity contribution in [3.8, 4) is 6.07 Å². The lowest BCUT2D eigenvalue weighted by Crippen LogP contribution is -2.29. The number of aromatic nitrogens is 1. The smallest absolute Gasteiger partial charge is 0.270 e. The molecule has 1 aliphatic heterocycles. The number of rotatable bonds is 16. The first-order valence-electron chi connectivity index (χ1n) is 14.6. The lowest BCUT2D eigenvalue weighted by Gasteiger charge is -2.19. The van der Waals surface area contributed by atoms with Crippen LogP contribution in [0.25, 0.3) is 6.08 Å². The van der Waals surface area contributed by atoms with E-state index in [1.165, 1.54) is 63.1 Å². The largest absolute Gasteiger partial charge is 0.367 e. The molecule has 0 atom stereocenters. The Kier molecular flexibility index (Phi) is 13.0. The number of thiocarbonyl (C=S) groups is 1. The molecule has 1 aromatic heterocycles. The topological polar surface area (TPSA) is 78.1 Å². The zero-order chi connectivity index (χ0) is 28.9. The van der Waals surface area contributed by atoms with E-state index in [0.29, 0.717) is 45.8 Å². The Bertz CT molecular complexity index is 1290. The molecule has 0 bridgehead atoms. The average Bonchev–Trinajstić information content (AvgIpc) is 3.22. The molecule has 1 saturated heterocycles. The van der Waals surface area contributed by atoms with Gasteiger partial charge >= 0.3 is 0 Å². The van der Waals surface area contributed by atoms with Crippen LogP contribution < -0.4 is 10.9 Å². The number of hydrogen-bond donors (Lipinski definition) is 1. The summed E-state index contributed by atoms with van der Waals surface area (Å²) in [5.74, 6) is 0.500. The van der Waals surface area contributed by atoms with Gasteiger partial charge in [-0.1, -0.05) is 119 Å². The van der Waals surface area contributed by atoms with Crippen molar-refractivity contribution in [2.45, 2.75) is 98.1 Å². The molecule has 1 amide bonds. The number of pyridine rings is 1. The van der Waals surface area contributed by atoms with Crippen LogP contribution in [0.15, 0.2) is 40.0 Å². The molecule has 1 aromatic carbocycles. The number of benzene rings is 1. The van der Waals surface area contributed by atoms with Crippen LogP contribution in [0.4, 0.5) is 5.82 Å². The molecule has 3 rings (SSSR count). The number of unbranched alkanes of at least 4 members (excludes halogenated alkanes) is 9. The highest BCUT2D eigenvalue weighted by Crippen LogP contribution is 2.35. The van der Waals surface area contributed by atoms with Gasteiger partial charge in [0.25, 0.3) is 11.5 Å². The average molecular weight is 579 g/mol. The Morgan fingerprint density at radius 3 is 2.20 bits per heavy atom. The predicted octanol–water partition coefficient (Wildman–Crippen LogP) is 7.78. The third-order valence-corrected chi connectivity index (χ3v) is 8.76. The van der Waals surface area contributed by atoms with Crippen molar-refractivity contribution < 1.29 is 4.79 Å². The van der Waals surface area contributed by atoms with Gasteiger partial charge in [-0.15, -0.1) is 0 Å². The van der Waals surface area contributed by atoms with Gasteiger partial charge in [0.2, 0.25) is 0 Å².